The maximum absolute atomic E-state index is 12.2. The van der Waals surface area contributed by atoms with E-state index in [1.807, 2.05) is 18.2 Å². The number of carbonyl (C=O) groups is 1. The van der Waals surface area contributed by atoms with Gasteiger partial charge in [-0.3, -0.25) is 0 Å². The van der Waals surface area contributed by atoms with Crippen LogP contribution in [0.4, 0.5) is 16.2 Å². The smallest absolute Gasteiger partial charge is 0.319 e. The Kier molecular flexibility index (Phi) is 4.46. The molecule has 1 aliphatic rings. The van der Waals surface area contributed by atoms with Crippen LogP contribution < -0.4 is 15.5 Å². The SMILES string of the molecule is O=C(Nc1cnn(-c2ncccn2)c1)N[C@@H]1CCN(c2ccccc2)C1. The maximum atomic E-state index is 12.2. The predicted octanol–water partition coefficient (Wildman–Crippen LogP) is 2.06. The van der Waals surface area contributed by atoms with E-state index >= 15 is 0 Å². The molecule has 0 bridgehead atoms. The first-order chi connectivity index (χ1) is 12.8. The van der Waals surface area contributed by atoms with Gasteiger partial charge in [0.1, 0.15) is 0 Å². The molecule has 1 aliphatic heterocycles. The van der Waals surface area contributed by atoms with Crippen LogP contribution in [0.2, 0.25) is 0 Å². The lowest BCUT2D eigenvalue weighted by molar-refractivity contribution is 0.249. The summed E-state index contributed by atoms with van der Waals surface area (Å²) in [5.41, 5.74) is 1.77. The highest BCUT2D eigenvalue weighted by atomic mass is 16.2. The van der Waals surface area contributed by atoms with Gasteiger partial charge in [-0.2, -0.15) is 5.10 Å². The zero-order valence-electron chi connectivity index (χ0n) is 14.1. The number of benzene rings is 1. The van der Waals surface area contributed by atoms with Crippen LogP contribution in [-0.2, 0) is 0 Å². The quantitative estimate of drug-likeness (QED) is 0.753. The van der Waals surface area contributed by atoms with Crippen LogP contribution in [-0.4, -0.2) is 44.9 Å². The van der Waals surface area contributed by atoms with Gasteiger partial charge >= 0.3 is 6.03 Å². The highest BCUT2D eigenvalue weighted by Crippen LogP contribution is 2.19. The summed E-state index contributed by atoms with van der Waals surface area (Å²) in [7, 11) is 0. The van der Waals surface area contributed by atoms with Crippen LogP contribution in [0.5, 0.6) is 0 Å². The highest BCUT2D eigenvalue weighted by Gasteiger charge is 2.24. The number of rotatable bonds is 4. The van der Waals surface area contributed by atoms with Gasteiger partial charge in [0, 0.05) is 37.2 Å². The van der Waals surface area contributed by atoms with Gasteiger partial charge in [0.15, 0.2) is 0 Å². The van der Waals surface area contributed by atoms with Crippen molar-refractivity contribution in [3.8, 4) is 5.95 Å². The van der Waals surface area contributed by atoms with Crippen LogP contribution in [0.15, 0.2) is 61.2 Å². The number of urea groups is 1. The number of aromatic nitrogens is 4. The number of hydrogen-bond donors (Lipinski definition) is 2. The number of nitrogens with zero attached hydrogens (tertiary/aromatic N) is 5. The van der Waals surface area contributed by atoms with Gasteiger partial charge in [-0.15, -0.1) is 0 Å². The van der Waals surface area contributed by atoms with Crippen molar-refractivity contribution in [3.05, 3.63) is 61.2 Å². The minimum atomic E-state index is -0.238. The Bertz CT molecular complexity index is 866. The van der Waals surface area contributed by atoms with E-state index in [0.29, 0.717) is 11.6 Å². The molecule has 4 rings (SSSR count). The second-order valence-electron chi connectivity index (χ2n) is 6.09. The molecule has 1 atom stereocenters. The molecule has 0 unspecified atom stereocenters. The summed E-state index contributed by atoms with van der Waals surface area (Å²) in [5, 5.41) is 9.99. The molecule has 3 heterocycles. The van der Waals surface area contributed by atoms with Crippen molar-refractivity contribution in [2.45, 2.75) is 12.5 Å². The third-order valence-electron chi connectivity index (χ3n) is 4.24. The monoisotopic (exact) mass is 349 g/mol. The van der Waals surface area contributed by atoms with Crippen LogP contribution >= 0.6 is 0 Å². The summed E-state index contributed by atoms with van der Waals surface area (Å²) >= 11 is 0. The van der Waals surface area contributed by atoms with Crippen molar-refractivity contribution < 1.29 is 4.79 Å². The van der Waals surface area contributed by atoms with E-state index in [9.17, 15) is 4.79 Å². The number of para-hydroxylation sites is 1. The Morgan fingerprint density at radius 3 is 2.73 bits per heavy atom. The second kappa shape index (κ2) is 7.22. The van der Waals surface area contributed by atoms with Crippen molar-refractivity contribution in [2.24, 2.45) is 0 Å². The zero-order valence-corrected chi connectivity index (χ0v) is 14.1. The number of hydrogen-bond acceptors (Lipinski definition) is 5. The first-order valence-electron chi connectivity index (χ1n) is 8.47. The highest BCUT2D eigenvalue weighted by molar-refractivity contribution is 5.89. The molecule has 2 aromatic heterocycles. The van der Waals surface area contributed by atoms with E-state index in [1.54, 1.807) is 30.9 Å². The van der Waals surface area contributed by atoms with Crippen LogP contribution in [0.1, 0.15) is 6.42 Å². The van der Waals surface area contributed by atoms with Gasteiger partial charge in [-0.1, -0.05) is 18.2 Å². The van der Waals surface area contributed by atoms with Gasteiger partial charge in [0.25, 0.3) is 0 Å². The minimum absolute atomic E-state index is 0.114. The molecule has 0 radical (unpaired) electrons. The molecule has 8 heteroatoms. The standard InChI is InChI=1S/C18H19N7O/c26-18(22-14-7-10-24(12-14)16-5-2-1-3-6-16)23-15-11-21-25(13-15)17-19-8-4-9-20-17/h1-6,8-9,11,13-14H,7,10,12H2,(H2,22,23,26)/t14-/m1/s1. The molecule has 26 heavy (non-hydrogen) atoms. The number of anilines is 2. The Morgan fingerprint density at radius 2 is 1.92 bits per heavy atom. The maximum Gasteiger partial charge on any atom is 0.319 e. The number of amides is 2. The Morgan fingerprint density at radius 1 is 1.12 bits per heavy atom. The summed E-state index contributed by atoms with van der Waals surface area (Å²) in [5.74, 6) is 0.454. The fourth-order valence-corrected chi connectivity index (χ4v) is 3.01. The van der Waals surface area contributed by atoms with Crippen LogP contribution in [0.25, 0.3) is 5.95 Å². The molecule has 0 saturated carbocycles. The van der Waals surface area contributed by atoms with Gasteiger partial charge in [-0.25, -0.2) is 19.4 Å². The third kappa shape index (κ3) is 3.64. The van der Waals surface area contributed by atoms with Crippen molar-refractivity contribution in [2.75, 3.05) is 23.3 Å². The van der Waals surface area contributed by atoms with Crippen LogP contribution in [0, 0.1) is 0 Å². The largest absolute Gasteiger partial charge is 0.369 e. The molecule has 2 N–H and O–H groups in total. The lowest BCUT2D eigenvalue weighted by atomic mass is 10.3. The van der Waals surface area contributed by atoms with Gasteiger partial charge in [0.2, 0.25) is 5.95 Å². The molecule has 0 aliphatic carbocycles. The molecular weight excluding hydrogens is 330 g/mol. The van der Waals surface area contributed by atoms with E-state index in [2.05, 4.69) is 42.7 Å². The lowest BCUT2D eigenvalue weighted by Gasteiger charge is -2.19. The second-order valence-corrected chi connectivity index (χ2v) is 6.09. The van der Waals surface area contributed by atoms with Gasteiger partial charge in [-0.05, 0) is 24.6 Å². The zero-order chi connectivity index (χ0) is 17.8. The van der Waals surface area contributed by atoms with Crippen LogP contribution in [0.3, 0.4) is 0 Å². The predicted molar refractivity (Wildman–Crippen MR) is 98.4 cm³/mol. The summed E-state index contributed by atoms with van der Waals surface area (Å²) < 4.78 is 1.52. The topological polar surface area (TPSA) is 88.0 Å². The summed E-state index contributed by atoms with van der Waals surface area (Å²) in [6.45, 7) is 1.73. The fourth-order valence-electron chi connectivity index (χ4n) is 3.01. The van der Waals surface area contributed by atoms with Gasteiger partial charge in [0.05, 0.1) is 18.1 Å². The molecule has 8 nitrogen and oxygen atoms in total. The average Bonchev–Trinajstić information content (AvgIpc) is 3.33. The third-order valence-corrected chi connectivity index (χ3v) is 4.24. The lowest BCUT2D eigenvalue weighted by Crippen LogP contribution is -2.39. The Balaban J connectivity index is 1.32. The van der Waals surface area contributed by atoms with E-state index in [-0.39, 0.29) is 12.1 Å². The number of carbonyl (C=O) groups excluding carboxylic acids is 1. The summed E-state index contributed by atoms with van der Waals surface area (Å²) in [6, 6.07) is 11.8. The Labute approximate surface area is 150 Å². The van der Waals surface area contributed by atoms with Crippen molar-refractivity contribution in [3.63, 3.8) is 0 Å². The average molecular weight is 349 g/mol. The summed E-state index contributed by atoms with van der Waals surface area (Å²) in [6.07, 6.45) is 7.45. The first-order valence-corrected chi connectivity index (χ1v) is 8.47. The molecule has 2 amide bonds. The van der Waals surface area contributed by atoms with Crippen molar-refractivity contribution in [1.29, 1.82) is 0 Å². The minimum Gasteiger partial charge on any atom is -0.369 e. The summed E-state index contributed by atoms with van der Waals surface area (Å²) in [4.78, 5) is 22.8. The van der Waals surface area contributed by atoms with Gasteiger partial charge < -0.3 is 15.5 Å². The molecule has 0 spiro atoms. The molecular formula is C18H19N7O. The van der Waals surface area contributed by atoms with E-state index < -0.39 is 0 Å². The van der Waals surface area contributed by atoms with E-state index in [4.69, 9.17) is 0 Å². The Hall–Kier alpha value is -3.42. The molecule has 132 valence electrons. The van der Waals surface area contributed by atoms with E-state index in [1.165, 1.54) is 10.4 Å². The molecule has 3 aromatic rings. The molecule has 1 fully saturated rings. The first kappa shape index (κ1) is 16.1. The molecule has 1 saturated heterocycles. The van der Waals surface area contributed by atoms with E-state index in [0.717, 1.165) is 19.5 Å². The normalized spacial score (nSPS) is 16.5. The van der Waals surface area contributed by atoms with Crippen molar-refractivity contribution >= 4 is 17.4 Å². The number of nitrogens with one attached hydrogen (secondary N) is 2. The van der Waals surface area contributed by atoms with Crippen molar-refractivity contribution in [1.82, 2.24) is 25.1 Å². The fraction of sp³-hybridized carbons (Fsp3) is 0.222. The molecule has 1 aromatic carbocycles.